The number of methoxy groups -OCH3 is 1. The first-order chi connectivity index (χ1) is 8.90. The van der Waals surface area contributed by atoms with Crippen LogP contribution in [0.1, 0.15) is 27.2 Å². The number of hydrogen-bond acceptors (Lipinski definition) is 2. The molecule has 106 valence electrons. The molecule has 1 unspecified atom stereocenters. The predicted molar refractivity (Wildman–Crippen MR) is 79.1 cm³/mol. The van der Waals surface area contributed by atoms with E-state index in [4.69, 9.17) is 9.84 Å². The van der Waals surface area contributed by atoms with E-state index in [9.17, 15) is 4.79 Å². The molecule has 0 spiro atoms. The molecule has 0 aromatic rings. The van der Waals surface area contributed by atoms with Crippen molar-refractivity contribution in [1.29, 1.82) is 0 Å². The normalized spacial score (nSPS) is 16.4. The van der Waals surface area contributed by atoms with Crippen LogP contribution in [0.4, 0.5) is 0 Å². The van der Waals surface area contributed by atoms with Crippen LogP contribution in [0, 0.1) is 5.92 Å². The van der Waals surface area contributed by atoms with Crippen LogP contribution in [-0.4, -0.2) is 24.3 Å². The summed E-state index contributed by atoms with van der Waals surface area (Å²) in [4.78, 5) is 10.7. The number of aliphatic carboxylic acids is 1. The molecule has 1 N–H and O–H groups in total. The van der Waals surface area contributed by atoms with E-state index < -0.39 is 5.97 Å². The molecule has 0 aliphatic carbocycles. The van der Waals surface area contributed by atoms with Gasteiger partial charge in [-0.25, -0.2) is 4.79 Å². The van der Waals surface area contributed by atoms with Gasteiger partial charge in [0.25, 0.3) is 0 Å². The summed E-state index contributed by atoms with van der Waals surface area (Å²) in [5.74, 6) is -0.794. The minimum absolute atomic E-state index is 0.0359. The van der Waals surface area contributed by atoms with Crippen molar-refractivity contribution < 1.29 is 14.6 Å². The van der Waals surface area contributed by atoms with Crippen molar-refractivity contribution in [2.75, 3.05) is 7.11 Å². The monoisotopic (exact) mass is 264 g/mol. The van der Waals surface area contributed by atoms with Gasteiger partial charge in [-0.15, -0.1) is 6.58 Å². The van der Waals surface area contributed by atoms with Gasteiger partial charge in [0.2, 0.25) is 0 Å². The SMILES string of the molecule is C=CCC(/C=C(C)/C=C/[C@@H](C)/C=C(\C)C(=O)O)OC. The lowest BCUT2D eigenvalue weighted by Gasteiger charge is -2.08. The van der Waals surface area contributed by atoms with E-state index in [1.807, 2.05) is 38.2 Å². The van der Waals surface area contributed by atoms with Crippen LogP contribution in [0.25, 0.3) is 0 Å². The third-order valence-corrected chi connectivity index (χ3v) is 2.66. The van der Waals surface area contributed by atoms with Crippen molar-refractivity contribution in [3.8, 4) is 0 Å². The van der Waals surface area contributed by atoms with Crippen LogP contribution in [0.2, 0.25) is 0 Å². The summed E-state index contributed by atoms with van der Waals surface area (Å²) < 4.78 is 5.29. The number of hydrogen-bond donors (Lipinski definition) is 1. The number of allylic oxidation sites excluding steroid dienone is 4. The summed E-state index contributed by atoms with van der Waals surface area (Å²) in [6.45, 7) is 9.23. The van der Waals surface area contributed by atoms with Crippen molar-refractivity contribution in [1.82, 2.24) is 0 Å². The minimum Gasteiger partial charge on any atom is -0.478 e. The fraction of sp³-hybridized carbons (Fsp3) is 0.438. The standard InChI is InChI=1S/C16H24O3/c1-6-7-15(19-5)11-13(3)9-8-12(2)10-14(4)16(17)18/h6,8-12,15H,1,7H2,2-5H3,(H,17,18)/b9-8+,13-11+,14-10+/t12-,15?/m1/s1. The summed E-state index contributed by atoms with van der Waals surface area (Å²) in [6.07, 6.45) is 10.3. The molecule has 19 heavy (non-hydrogen) atoms. The molecule has 2 atom stereocenters. The van der Waals surface area contributed by atoms with Gasteiger partial charge in [-0.1, -0.05) is 42.9 Å². The predicted octanol–water partition coefficient (Wildman–Crippen LogP) is 3.75. The molecule has 0 radical (unpaired) electrons. The Kier molecular flexibility index (Phi) is 8.55. The average molecular weight is 264 g/mol. The lowest BCUT2D eigenvalue weighted by Crippen LogP contribution is -2.05. The largest absolute Gasteiger partial charge is 0.478 e. The van der Waals surface area contributed by atoms with E-state index in [0.29, 0.717) is 5.57 Å². The van der Waals surface area contributed by atoms with Gasteiger partial charge >= 0.3 is 5.97 Å². The van der Waals surface area contributed by atoms with E-state index in [0.717, 1.165) is 12.0 Å². The lowest BCUT2D eigenvalue weighted by molar-refractivity contribution is -0.132. The van der Waals surface area contributed by atoms with Crippen LogP contribution >= 0.6 is 0 Å². The first kappa shape index (κ1) is 17.4. The minimum atomic E-state index is -0.877. The molecule has 0 bridgehead atoms. The van der Waals surface area contributed by atoms with Crippen molar-refractivity contribution in [3.63, 3.8) is 0 Å². The number of carboxylic acids is 1. The van der Waals surface area contributed by atoms with E-state index >= 15 is 0 Å². The maximum Gasteiger partial charge on any atom is 0.330 e. The smallest absolute Gasteiger partial charge is 0.330 e. The lowest BCUT2D eigenvalue weighted by atomic mass is 10.1. The first-order valence-electron chi connectivity index (χ1n) is 6.32. The number of rotatable bonds is 8. The molecular formula is C16H24O3. The Bertz CT molecular complexity index is 389. The van der Waals surface area contributed by atoms with E-state index in [2.05, 4.69) is 6.58 Å². The van der Waals surface area contributed by atoms with Gasteiger partial charge < -0.3 is 9.84 Å². The van der Waals surface area contributed by atoms with Crippen molar-refractivity contribution in [2.24, 2.45) is 5.92 Å². The third kappa shape index (κ3) is 8.16. The molecule has 0 rings (SSSR count). The molecule has 0 heterocycles. The highest BCUT2D eigenvalue weighted by atomic mass is 16.5. The summed E-state index contributed by atoms with van der Waals surface area (Å²) in [5.41, 5.74) is 1.45. The molecule has 0 aromatic heterocycles. The molecule has 0 fully saturated rings. The zero-order valence-electron chi connectivity index (χ0n) is 12.2. The fourth-order valence-corrected chi connectivity index (χ4v) is 1.57. The van der Waals surface area contributed by atoms with Crippen LogP contribution < -0.4 is 0 Å². The summed E-state index contributed by atoms with van der Waals surface area (Å²) >= 11 is 0. The number of carboxylic acid groups (broad SMARTS) is 1. The van der Waals surface area contributed by atoms with Gasteiger partial charge in [0, 0.05) is 12.7 Å². The second-order valence-corrected chi connectivity index (χ2v) is 4.58. The Hall–Kier alpha value is -1.61. The van der Waals surface area contributed by atoms with E-state index in [1.165, 1.54) is 0 Å². The van der Waals surface area contributed by atoms with Crippen LogP contribution in [0.3, 0.4) is 0 Å². The molecule has 3 heteroatoms. The van der Waals surface area contributed by atoms with Gasteiger partial charge in [-0.2, -0.15) is 0 Å². The molecule has 0 aromatic carbocycles. The first-order valence-corrected chi connectivity index (χ1v) is 6.32. The van der Waals surface area contributed by atoms with Crippen molar-refractivity contribution in [3.05, 3.63) is 48.1 Å². The Morgan fingerprint density at radius 1 is 1.37 bits per heavy atom. The second-order valence-electron chi connectivity index (χ2n) is 4.58. The summed E-state index contributed by atoms with van der Waals surface area (Å²) in [6, 6.07) is 0. The number of carbonyl (C=O) groups is 1. The fourth-order valence-electron chi connectivity index (χ4n) is 1.57. The molecule has 0 aliphatic rings. The van der Waals surface area contributed by atoms with Gasteiger partial charge in [-0.05, 0) is 26.2 Å². The van der Waals surface area contributed by atoms with Crippen molar-refractivity contribution >= 4 is 5.97 Å². The molecule has 0 amide bonds. The Morgan fingerprint density at radius 2 is 2.00 bits per heavy atom. The zero-order chi connectivity index (χ0) is 14.8. The van der Waals surface area contributed by atoms with Gasteiger partial charge in [-0.3, -0.25) is 0 Å². The maximum atomic E-state index is 10.7. The summed E-state index contributed by atoms with van der Waals surface area (Å²) in [7, 11) is 1.67. The maximum absolute atomic E-state index is 10.7. The van der Waals surface area contributed by atoms with Crippen LogP contribution in [0.5, 0.6) is 0 Å². The van der Waals surface area contributed by atoms with E-state index in [1.54, 1.807) is 20.1 Å². The van der Waals surface area contributed by atoms with Crippen molar-refractivity contribution in [2.45, 2.75) is 33.3 Å². The summed E-state index contributed by atoms with van der Waals surface area (Å²) in [5, 5.41) is 8.79. The Morgan fingerprint density at radius 3 is 2.47 bits per heavy atom. The number of ether oxygens (including phenoxy) is 1. The van der Waals surface area contributed by atoms with Gasteiger partial charge in [0.1, 0.15) is 0 Å². The Labute approximate surface area is 116 Å². The average Bonchev–Trinajstić information content (AvgIpc) is 2.35. The highest BCUT2D eigenvalue weighted by molar-refractivity contribution is 5.85. The topological polar surface area (TPSA) is 46.5 Å². The highest BCUT2D eigenvalue weighted by Crippen LogP contribution is 2.09. The van der Waals surface area contributed by atoms with Gasteiger partial charge in [0.05, 0.1) is 6.10 Å². The molecular weight excluding hydrogens is 240 g/mol. The highest BCUT2D eigenvalue weighted by Gasteiger charge is 2.02. The van der Waals surface area contributed by atoms with Crippen LogP contribution in [0.15, 0.2) is 48.1 Å². The van der Waals surface area contributed by atoms with Crippen LogP contribution in [-0.2, 0) is 9.53 Å². The molecule has 0 saturated heterocycles. The van der Waals surface area contributed by atoms with Gasteiger partial charge in [0.15, 0.2) is 0 Å². The zero-order valence-corrected chi connectivity index (χ0v) is 12.2. The molecule has 0 saturated carbocycles. The van der Waals surface area contributed by atoms with E-state index in [-0.39, 0.29) is 12.0 Å². The molecule has 3 nitrogen and oxygen atoms in total. The molecule has 0 aliphatic heterocycles. The Balaban J connectivity index is 4.61. The second kappa shape index (κ2) is 9.34. The quantitative estimate of drug-likeness (QED) is 0.412. The third-order valence-electron chi connectivity index (χ3n) is 2.66.